The van der Waals surface area contributed by atoms with E-state index in [-0.39, 0.29) is 6.15 Å². The van der Waals surface area contributed by atoms with Crippen LogP contribution in [0.25, 0.3) is 0 Å². The second kappa shape index (κ2) is 26.1. The molecule has 6 nitrogen and oxygen atoms in total. The number of rotatable bonds is 25. The summed E-state index contributed by atoms with van der Waals surface area (Å²) in [4.78, 5) is 21.4. The Bertz CT molecular complexity index is 419. The molecule has 0 saturated heterocycles. The summed E-state index contributed by atoms with van der Waals surface area (Å²) in [5.74, 6) is -2.46. The van der Waals surface area contributed by atoms with Crippen molar-refractivity contribution in [1.82, 2.24) is 11.5 Å². The number of quaternary nitrogens is 1. The second-order valence-electron chi connectivity index (χ2n) is 9.14. The van der Waals surface area contributed by atoms with Crippen molar-refractivity contribution >= 4 is 11.9 Å². The molecule has 0 heterocycles. The molecule has 0 saturated carbocycles. The molecule has 0 aliphatic rings. The van der Waals surface area contributed by atoms with Gasteiger partial charge in [0, 0.05) is 0 Å². The van der Waals surface area contributed by atoms with Crippen LogP contribution >= 0.6 is 0 Å². The van der Waals surface area contributed by atoms with Gasteiger partial charge in [-0.15, -0.1) is 0 Å². The maximum atomic E-state index is 10.8. The largest absolute Gasteiger partial charge is 0.548 e. The average molecular weight is 459 g/mol. The predicted octanol–water partition coefficient (Wildman–Crippen LogP) is 6.37. The Labute approximate surface area is 197 Å². The van der Waals surface area contributed by atoms with E-state index in [4.69, 9.17) is 5.11 Å². The maximum absolute atomic E-state index is 10.8. The molecule has 0 aromatic rings. The van der Waals surface area contributed by atoms with E-state index in [1.54, 1.807) is 0 Å². The monoisotopic (exact) mass is 458 g/mol. The lowest BCUT2D eigenvalue weighted by atomic mass is 10.0. The first-order chi connectivity index (χ1) is 15.1. The van der Waals surface area contributed by atoms with Crippen LogP contribution in [0.3, 0.4) is 0 Å². The minimum Gasteiger partial charge on any atom is -0.548 e. The summed E-state index contributed by atoms with van der Waals surface area (Å²) in [6.07, 6.45) is 26.2. The molecule has 6 heteroatoms. The van der Waals surface area contributed by atoms with Crippen molar-refractivity contribution in [3.05, 3.63) is 0 Å². The number of carboxylic acids is 2. The van der Waals surface area contributed by atoms with Crippen molar-refractivity contribution in [1.29, 1.82) is 0 Å². The first-order valence-electron chi connectivity index (χ1n) is 13.2. The van der Waals surface area contributed by atoms with Crippen LogP contribution in [0, 0.1) is 0 Å². The zero-order valence-corrected chi connectivity index (χ0v) is 21.3. The van der Waals surface area contributed by atoms with Crippen LogP contribution in [-0.2, 0) is 9.59 Å². The van der Waals surface area contributed by atoms with Crippen molar-refractivity contribution in [2.24, 2.45) is 0 Å². The summed E-state index contributed by atoms with van der Waals surface area (Å²) >= 11 is 0. The van der Waals surface area contributed by atoms with E-state index in [0.29, 0.717) is 6.54 Å². The van der Waals surface area contributed by atoms with Gasteiger partial charge in [-0.1, -0.05) is 129 Å². The van der Waals surface area contributed by atoms with E-state index in [2.05, 4.69) is 12.2 Å². The number of carboxylic acid groups (broad SMARTS) is 2. The van der Waals surface area contributed by atoms with Crippen LogP contribution in [-0.4, -0.2) is 29.6 Å². The summed E-state index contributed by atoms with van der Waals surface area (Å²) < 4.78 is 0. The van der Waals surface area contributed by atoms with Crippen LogP contribution in [0.15, 0.2) is 0 Å². The standard InChI is InChI=1S/C26H51NO4.H3N/c1-2-3-4-5-6-7-8-9-10-11-12-13-14-15-16-17-18-19-20-21-22-27-24(26(30)31)23-25(28)29;/h24,27H,2-23H2,1H3,(H,28,29)(H,30,31);1H3/t24-;/m0./s1. The van der Waals surface area contributed by atoms with Crippen LogP contribution < -0.4 is 16.6 Å². The van der Waals surface area contributed by atoms with Gasteiger partial charge in [0.25, 0.3) is 0 Å². The zero-order valence-electron chi connectivity index (χ0n) is 21.3. The molecule has 0 spiro atoms. The molecule has 0 aliphatic carbocycles. The van der Waals surface area contributed by atoms with E-state index in [0.717, 1.165) is 19.3 Å². The van der Waals surface area contributed by atoms with E-state index >= 15 is 0 Å². The molecule has 0 radical (unpaired) electrons. The number of unbranched alkanes of at least 4 members (excludes halogenated alkanes) is 19. The number of aliphatic carboxylic acids is 2. The van der Waals surface area contributed by atoms with Gasteiger partial charge in [-0.05, 0) is 13.0 Å². The molecular formula is C26H54N2O4. The molecule has 0 aromatic carbocycles. The van der Waals surface area contributed by atoms with Crippen LogP contribution in [0.2, 0.25) is 0 Å². The summed E-state index contributed by atoms with van der Waals surface area (Å²) in [5.41, 5.74) is 0. The van der Waals surface area contributed by atoms with Gasteiger partial charge in [-0.25, -0.2) is 0 Å². The minimum absolute atomic E-state index is 0. The minimum atomic E-state index is -1.34. The van der Waals surface area contributed by atoms with E-state index in [1.807, 2.05) is 0 Å². The highest BCUT2D eigenvalue weighted by atomic mass is 16.4. The Morgan fingerprint density at radius 2 is 0.969 bits per heavy atom. The highest BCUT2D eigenvalue weighted by molar-refractivity contribution is 5.79. The molecule has 1 atom stereocenters. The van der Waals surface area contributed by atoms with Crippen molar-refractivity contribution < 1.29 is 19.8 Å². The molecule has 0 amide bonds. The van der Waals surface area contributed by atoms with Crippen LogP contribution in [0.4, 0.5) is 0 Å². The lowest BCUT2D eigenvalue weighted by Gasteiger charge is -2.17. The molecule has 0 fully saturated rings. The highest BCUT2D eigenvalue weighted by Crippen LogP contribution is 2.14. The Morgan fingerprint density at radius 3 is 1.25 bits per heavy atom. The van der Waals surface area contributed by atoms with Gasteiger partial charge < -0.3 is 26.5 Å². The molecule has 0 aliphatic heterocycles. The summed E-state index contributed by atoms with van der Waals surface area (Å²) in [7, 11) is 0. The van der Waals surface area contributed by atoms with Crippen molar-refractivity contribution in [3.8, 4) is 0 Å². The number of hydrogen-bond acceptors (Lipinski definition) is 4. The second-order valence-corrected chi connectivity index (χ2v) is 9.14. The molecule has 32 heavy (non-hydrogen) atoms. The van der Waals surface area contributed by atoms with Crippen molar-refractivity contribution in [3.63, 3.8) is 0 Å². The van der Waals surface area contributed by atoms with Gasteiger partial charge in [-0.2, -0.15) is 0 Å². The fourth-order valence-corrected chi connectivity index (χ4v) is 4.07. The fourth-order valence-electron chi connectivity index (χ4n) is 4.07. The molecular weight excluding hydrogens is 404 g/mol. The van der Waals surface area contributed by atoms with Gasteiger partial charge >= 0.3 is 5.97 Å². The first-order valence-corrected chi connectivity index (χ1v) is 13.2. The number of carbonyl (C=O) groups excluding carboxylic acids is 1. The van der Waals surface area contributed by atoms with Gasteiger partial charge in [0.15, 0.2) is 0 Å². The van der Waals surface area contributed by atoms with Gasteiger partial charge in [0.2, 0.25) is 0 Å². The third-order valence-corrected chi connectivity index (χ3v) is 6.08. The third kappa shape index (κ3) is 25.1. The normalized spacial score (nSPS) is 11.8. The molecule has 192 valence electrons. The molecule has 6 N–H and O–H groups in total. The van der Waals surface area contributed by atoms with Crippen LogP contribution in [0.1, 0.15) is 142 Å². The number of nitrogens with one attached hydrogen (secondary N) is 1. The molecule has 0 unspecified atom stereocenters. The SMILES string of the molecule is CCCCCCCCCCCCCCCCCCCCCCN[C@@H](CC(=O)O)C(=O)[O-].[NH4+]. The summed E-state index contributed by atoms with van der Waals surface area (Å²) in [6, 6.07) is -1.09. The Kier molecular flexibility index (Phi) is 27.0. The van der Waals surface area contributed by atoms with Gasteiger partial charge in [-0.3, -0.25) is 4.79 Å². The summed E-state index contributed by atoms with van der Waals surface area (Å²) in [6.45, 7) is 2.81. The zero-order chi connectivity index (χ0) is 23.0. The number of carbonyl (C=O) groups is 2. The van der Waals surface area contributed by atoms with E-state index < -0.39 is 24.4 Å². The molecule has 0 aromatic heterocycles. The lowest BCUT2D eigenvalue weighted by Crippen LogP contribution is -2.46. The van der Waals surface area contributed by atoms with Crippen molar-refractivity contribution in [2.75, 3.05) is 6.54 Å². The smallest absolute Gasteiger partial charge is 0.305 e. The summed E-state index contributed by atoms with van der Waals surface area (Å²) in [5, 5.41) is 22.3. The molecule has 0 rings (SSSR count). The quantitative estimate of drug-likeness (QED) is 0.137. The molecule has 0 bridgehead atoms. The number of hydrogen-bond donors (Lipinski definition) is 3. The topological polar surface area (TPSA) is 126 Å². The van der Waals surface area contributed by atoms with Gasteiger partial charge in [0.1, 0.15) is 0 Å². The predicted molar refractivity (Wildman–Crippen MR) is 133 cm³/mol. The van der Waals surface area contributed by atoms with Crippen LogP contribution in [0.5, 0.6) is 0 Å². The first kappa shape index (κ1) is 33.0. The Morgan fingerprint density at radius 1 is 0.656 bits per heavy atom. The third-order valence-electron chi connectivity index (χ3n) is 6.08. The van der Waals surface area contributed by atoms with E-state index in [1.165, 1.54) is 109 Å². The Hall–Kier alpha value is -1.14. The lowest BCUT2D eigenvalue weighted by molar-refractivity contribution is -0.308. The maximum Gasteiger partial charge on any atom is 0.305 e. The van der Waals surface area contributed by atoms with E-state index in [9.17, 15) is 14.7 Å². The van der Waals surface area contributed by atoms with Crippen molar-refractivity contribution in [2.45, 2.75) is 148 Å². The highest BCUT2D eigenvalue weighted by Gasteiger charge is 2.12. The average Bonchev–Trinajstić information content (AvgIpc) is 2.73. The van der Waals surface area contributed by atoms with Gasteiger partial charge in [0.05, 0.1) is 18.4 Å². The Balaban J connectivity index is 0. The fraction of sp³-hybridized carbons (Fsp3) is 0.923.